The third-order valence-electron chi connectivity index (χ3n) is 2.83. The van der Waals surface area contributed by atoms with Crippen LogP contribution in [0.4, 0.5) is 0 Å². The molecule has 0 saturated carbocycles. The molecule has 0 saturated heterocycles. The number of rotatable bonds is 3. The molecule has 6 heteroatoms. The van der Waals surface area contributed by atoms with Crippen molar-refractivity contribution in [3.05, 3.63) is 48.2 Å². The van der Waals surface area contributed by atoms with Crippen molar-refractivity contribution in [1.29, 1.82) is 0 Å². The summed E-state index contributed by atoms with van der Waals surface area (Å²) in [6, 6.07) is 9.27. The molecule has 0 unspecified atom stereocenters. The first kappa shape index (κ1) is 11.5. The van der Waals surface area contributed by atoms with Crippen LogP contribution < -0.4 is 0 Å². The van der Waals surface area contributed by atoms with Crippen molar-refractivity contribution >= 4 is 16.9 Å². The fraction of sp³-hybridized carbons (Fsp3) is 0.154. The maximum absolute atomic E-state index is 12.2. The van der Waals surface area contributed by atoms with Crippen molar-refractivity contribution in [2.24, 2.45) is 0 Å². The fourth-order valence-corrected chi connectivity index (χ4v) is 1.88. The number of amides is 1. The van der Waals surface area contributed by atoms with Crippen LogP contribution in [0.2, 0.25) is 0 Å². The predicted molar refractivity (Wildman–Crippen MR) is 68.4 cm³/mol. The molecule has 3 aromatic rings. The van der Waals surface area contributed by atoms with Crippen LogP contribution in [0, 0.1) is 0 Å². The lowest BCUT2D eigenvalue weighted by Gasteiger charge is -2.13. The van der Waals surface area contributed by atoms with Gasteiger partial charge in [-0.1, -0.05) is 18.2 Å². The number of H-pyrrole nitrogens is 1. The van der Waals surface area contributed by atoms with Gasteiger partial charge in [-0.25, -0.2) is 4.98 Å². The number of aromatic nitrogens is 3. The van der Waals surface area contributed by atoms with Gasteiger partial charge in [0.1, 0.15) is 17.7 Å². The van der Waals surface area contributed by atoms with Gasteiger partial charge in [-0.2, -0.15) is 5.10 Å². The number of furan rings is 1. The van der Waals surface area contributed by atoms with Crippen LogP contribution in [-0.4, -0.2) is 33.0 Å². The standard InChI is InChI=1S/C13H12N4O2/c1-17(7-12-14-8-15-16-12)13(18)11-6-9-4-2-3-5-10(9)19-11/h2-6,8H,7H2,1H3,(H,14,15,16). The second-order valence-electron chi connectivity index (χ2n) is 4.24. The Balaban J connectivity index is 1.82. The maximum Gasteiger partial charge on any atom is 0.289 e. The molecule has 19 heavy (non-hydrogen) atoms. The highest BCUT2D eigenvalue weighted by Crippen LogP contribution is 2.19. The fourth-order valence-electron chi connectivity index (χ4n) is 1.88. The van der Waals surface area contributed by atoms with E-state index < -0.39 is 0 Å². The van der Waals surface area contributed by atoms with Crippen LogP contribution in [0.15, 0.2) is 41.1 Å². The zero-order chi connectivity index (χ0) is 13.2. The molecule has 0 bridgehead atoms. The minimum absolute atomic E-state index is 0.187. The van der Waals surface area contributed by atoms with Gasteiger partial charge in [0.2, 0.25) is 0 Å². The Morgan fingerprint density at radius 3 is 3.00 bits per heavy atom. The minimum atomic E-state index is -0.187. The molecule has 0 aliphatic rings. The van der Waals surface area contributed by atoms with Crippen molar-refractivity contribution in [3.8, 4) is 0 Å². The Morgan fingerprint density at radius 1 is 1.42 bits per heavy atom. The van der Waals surface area contributed by atoms with Gasteiger partial charge in [-0.15, -0.1) is 0 Å². The number of para-hydroxylation sites is 1. The Hall–Kier alpha value is -2.63. The molecule has 1 amide bonds. The van der Waals surface area contributed by atoms with E-state index in [1.165, 1.54) is 11.2 Å². The largest absolute Gasteiger partial charge is 0.451 e. The summed E-state index contributed by atoms with van der Waals surface area (Å²) >= 11 is 0. The van der Waals surface area contributed by atoms with Crippen LogP contribution in [0.3, 0.4) is 0 Å². The van der Waals surface area contributed by atoms with E-state index in [-0.39, 0.29) is 5.91 Å². The van der Waals surface area contributed by atoms with Gasteiger partial charge >= 0.3 is 0 Å². The topological polar surface area (TPSA) is 75.0 Å². The van der Waals surface area contributed by atoms with Crippen LogP contribution in [-0.2, 0) is 6.54 Å². The lowest BCUT2D eigenvalue weighted by atomic mass is 10.2. The van der Waals surface area contributed by atoms with Gasteiger partial charge in [0.25, 0.3) is 5.91 Å². The quantitative estimate of drug-likeness (QED) is 0.775. The summed E-state index contributed by atoms with van der Waals surface area (Å²) in [5.74, 6) is 0.766. The van der Waals surface area contributed by atoms with Crippen molar-refractivity contribution in [2.75, 3.05) is 7.05 Å². The maximum atomic E-state index is 12.2. The summed E-state index contributed by atoms with van der Waals surface area (Å²) in [5.41, 5.74) is 0.707. The van der Waals surface area contributed by atoms with Crippen LogP contribution in [0.5, 0.6) is 0 Å². The summed E-state index contributed by atoms with van der Waals surface area (Å²) < 4.78 is 5.53. The number of fused-ring (bicyclic) bond motifs is 1. The molecule has 1 aromatic carbocycles. The van der Waals surface area contributed by atoms with E-state index >= 15 is 0 Å². The van der Waals surface area contributed by atoms with E-state index in [1.807, 2.05) is 24.3 Å². The Morgan fingerprint density at radius 2 is 2.26 bits per heavy atom. The number of carbonyl (C=O) groups excluding carboxylic acids is 1. The van der Waals surface area contributed by atoms with Gasteiger partial charge in [-0.05, 0) is 12.1 Å². The van der Waals surface area contributed by atoms with Gasteiger partial charge in [0.05, 0.1) is 6.54 Å². The minimum Gasteiger partial charge on any atom is -0.451 e. The zero-order valence-electron chi connectivity index (χ0n) is 10.3. The highest BCUT2D eigenvalue weighted by molar-refractivity contribution is 5.95. The van der Waals surface area contributed by atoms with E-state index in [4.69, 9.17) is 4.42 Å². The molecule has 0 aliphatic carbocycles. The highest BCUT2D eigenvalue weighted by atomic mass is 16.3. The second kappa shape index (κ2) is 4.56. The van der Waals surface area contributed by atoms with E-state index in [2.05, 4.69) is 15.2 Å². The van der Waals surface area contributed by atoms with Crippen molar-refractivity contribution < 1.29 is 9.21 Å². The predicted octanol–water partition coefficient (Wildman–Crippen LogP) is 1.82. The first-order valence-electron chi connectivity index (χ1n) is 5.82. The van der Waals surface area contributed by atoms with E-state index in [0.29, 0.717) is 23.7 Å². The molecule has 0 atom stereocenters. The summed E-state index contributed by atoms with van der Waals surface area (Å²) in [6.07, 6.45) is 1.41. The molecule has 0 fully saturated rings. The molecule has 96 valence electrons. The van der Waals surface area contributed by atoms with Crippen LogP contribution >= 0.6 is 0 Å². The average Bonchev–Trinajstić information content (AvgIpc) is 3.05. The molecule has 3 rings (SSSR count). The summed E-state index contributed by atoms with van der Waals surface area (Å²) in [7, 11) is 1.69. The van der Waals surface area contributed by atoms with Crippen LogP contribution in [0.25, 0.3) is 11.0 Å². The first-order chi connectivity index (χ1) is 9.24. The molecule has 6 nitrogen and oxygen atoms in total. The summed E-state index contributed by atoms with van der Waals surface area (Å²) in [5, 5.41) is 7.38. The third-order valence-corrected chi connectivity index (χ3v) is 2.83. The molecule has 2 aromatic heterocycles. The van der Waals surface area contributed by atoms with E-state index in [1.54, 1.807) is 13.1 Å². The number of nitrogens with zero attached hydrogens (tertiary/aromatic N) is 3. The van der Waals surface area contributed by atoms with E-state index in [9.17, 15) is 4.79 Å². The Bertz CT molecular complexity index is 669. The Labute approximate surface area is 109 Å². The number of hydrogen-bond donors (Lipinski definition) is 1. The van der Waals surface area contributed by atoms with Crippen molar-refractivity contribution in [1.82, 2.24) is 20.1 Å². The second-order valence-corrected chi connectivity index (χ2v) is 4.24. The summed E-state index contributed by atoms with van der Waals surface area (Å²) in [6.45, 7) is 0.357. The van der Waals surface area contributed by atoms with Gasteiger partial charge < -0.3 is 9.32 Å². The zero-order valence-corrected chi connectivity index (χ0v) is 10.3. The lowest BCUT2D eigenvalue weighted by Crippen LogP contribution is -2.26. The monoisotopic (exact) mass is 256 g/mol. The van der Waals surface area contributed by atoms with Crippen LogP contribution in [0.1, 0.15) is 16.4 Å². The smallest absolute Gasteiger partial charge is 0.289 e. The molecule has 1 N–H and O–H groups in total. The van der Waals surface area contributed by atoms with Gasteiger partial charge in [-0.3, -0.25) is 9.89 Å². The number of aromatic amines is 1. The number of nitrogens with one attached hydrogen (secondary N) is 1. The Kier molecular flexibility index (Phi) is 2.75. The van der Waals surface area contributed by atoms with Gasteiger partial charge in [0, 0.05) is 12.4 Å². The summed E-state index contributed by atoms with van der Waals surface area (Å²) in [4.78, 5) is 17.7. The number of carbonyl (C=O) groups is 1. The molecule has 0 spiro atoms. The van der Waals surface area contributed by atoms with Crippen molar-refractivity contribution in [3.63, 3.8) is 0 Å². The molecule has 2 heterocycles. The number of benzene rings is 1. The molecular weight excluding hydrogens is 244 g/mol. The number of hydrogen-bond acceptors (Lipinski definition) is 4. The average molecular weight is 256 g/mol. The SMILES string of the molecule is CN(Cc1ncn[nH]1)C(=O)c1cc2ccccc2o1. The molecule has 0 aliphatic heterocycles. The molecule has 0 radical (unpaired) electrons. The highest BCUT2D eigenvalue weighted by Gasteiger charge is 2.17. The van der Waals surface area contributed by atoms with E-state index in [0.717, 1.165) is 5.39 Å². The third kappa shape index (κ3) is 2.20. The molecular formula is C13H12N4O2. The normalized spacial score (nSPS) is 10.8. The van der Waals surface area contributed by atoms with Gasteiger partial charge in [0.15, 0.2) is 5.76 Å². The first-order valence-corrected chi connectivity index (χ1v) is 5.82. The lowest BCUT2D eigenvalue weighted by molar-refractivity contribution is 0.0752. The van der Waals surface area contributed by atoms with Crippen molar-refractivity contribution in [2.45, 2.75) is 6.54 Å².